The van der Waals surface area contributed by atoms with Crippen LogP contribution in [0.2, 0.25) is 0 Å². The van der Waals surface area contributed by atoms with Crippen molar-refractivity contribution in [1.29, 1.82) is 0 Å². The van der Waals surface area contributed by atoms with Gasteiger partial charge in [0.25, 0.3) is 5.91 Å². The fraction of sp³-hybridized carbons (Fsp3) is 0.400. The highest BCUT2D eigenvalue weighted by Gasteiger charge is 2.37. The van der Waals surface area contributed by atoms with E-state index in [1.54, 1.807) is 13.8 Å². The molecule has 1 aromatic carbocycles. The van der Waals surface area contributed by atoms with Crippen LogP contribution in [0.25, 0.3) is 5.57 Å². The molecule has 0 spiro atoms. The van der Waals surface area contributed by atoms with Crippen molar-refractivity contribution in [3.8, 4) is 0 Å². The van der Waals surface area contributed by atoms with Gasteiger partial charge >= 0.3 is 12.1 Å². The lowest BCUT2D eigenvalue weighted by Gasteiger charge is -2.19. The zero-order valence-corrected chi connectivity index (χ0v) is 18.3. The zero-order chi connectivity index (χ0) is 22.8. The van der Waals surface area contributed by atoms with Gasteiger partial charge in [0.15, 0.2) is 0 Å². The van der Waals surface area contributed by atoms with Crippen LogP contribution < -0.4 is 0 Å². The van der Waals surface area contributed by atoms with Crippen LogP contribution in [-0.2, 0) is 20.5 Å². The van der Waals surface area contributed by atoms with Gasteiger partial charge in [-0.15, -0.1) is 12.6 Å². The van der Waals surface area contributed by atoms with Crippen LogP contribution in [0.5, 0.6) is 0 Å². The second kappa shape index (κ2) is 9.47. The first-order valence-corrected chi connectivity index (χ1v) is 10.3. The number of allylic oxidation sites excluding steroid dienone is 2. The number of carbonyl (C=O) groups is 2. The second-order valence-corrected chi connectivity index (χ2v) is 8.87. The molecular formula is C20H21F4NO3S2. The highest BCUT2D eigenvalue weighted by molar-refractivity contribution is 8.14. The summed E-state index contributed by atoms with van der Waals surface area (Å²) in [5.41, 5.74) is -0.859. The summed E-state index contributed by atoms with van der Waals surface area (Å²) in [5.74, 6) is -2.08. The van der Waals surface area contributed by atoms with E-state index < -0.39 is 34.1 Å². The van der Waals surface area contributed by atoms with Crippen molar-refractivity contribution in [2.45, 2.75) is 44.2 Å². The van der Waals surface area contributed by atoms with Gasteiger partial charge in [0.05, 0.1) is 23.0 Å². The summed E-state index contributed by atoms with van der Waals surface area (Å²) in [6, 6.07) is 2.10. The van der Waals surface area contributed by atoms with Crippen LogP contribution in [0.1, 0.15) is 38.3 Å². The third-order valence-corrected chi connectivity index (χ3v) is 5.71. The standard InChI is InChI=1S/C20H21F4NO3S2/c1-10(2)16(12-7-13(20(22,23)24)9-14(21)8-12)17-18(27)25(19(29)30-17)6-5-15(26)28-11(3)4/h7-9,11,19,29H,1,5-6H2,2-4H3/b17-16-. The van der Waals surface area contributed by atoms with Gasteiger partial charge < -0.3 is 9.64 Å². The molecule has 1 aromatic rings. The van der Waals surface area contributed by atoms with Crippen molar-refractivity contribution in [1.82, 2.24) is 4.90 Å². The van der Waals surface area contributed by atoms with E-state index in [4.69, 9.17) is 4.74 Å². The Kier molecular flexibility index (Phi) is 7.68. The van der Waals surface area contributed by atoms with Gasteiger partial charge in [0, 0.05) is 12.1 Å². The summed E-state index contributed by atoms with van der Waals surface area (Å²) < 4.78 is 57.6. The van der Waals surface area contributed by atoms with E-state index >= 15 is 0 Å². The van der Waals surface area contributed by atoms with Crippen LogP contribution in [0.15, 0.2) is 35.3 Å². The Morgan fingerprint density at radius 1 is 1.33 bits per heavy atom. The molecule has 1 aliphatic rings. The average molecular weight is 464 g/mol. The highest BCUT2D eigenvalue weighted by atomic mass is 32.2. The lowest BCUT2D eigenvalue weighted by molar-refractivity contribution is -0.148. The van der Waals surface area contributed by atoms with Gasteiger partial charge in [-0.05, 0) is 50.1 Å². The number of hydrogen-bond acceptors (Lipinski definition) is 5. The first-order valence-electron chi connectivity index (χ1n) is 8.94. The molecule has 1 amide bonds. The van der Waals surface area contributed by atoms with Crippen molar-refractivity contribution in [2.24, 2.45) is 0 Å². The molecule has 1 unspecified atom stereocenters. The summed E-state index contributed by atoms with van der Waals surface area (Å²) in [4.78, 5) is 26.1. The van der Waals surface area contributed by atoms with Crippen LogP contribution in [0.3, 0.4) is 0 Å². The minimum atomic E-state index is -4.75. The molecule has 164 valence electrons. The fourth-order valence-electron chi connectivity index (χ4n) is 2.83. The molecule has 0 aliphatic carbocycles. The van der Waals surface area contributed by atoms with E-state index in [1.807, 2.05) is 0 Å². The maximum absolute atomic E-state index is 13.9. The van der Waals surface area contributed by atoms with Gasteiger partial charge in [0.1, 0.15) is 10.5 Å². The number of alkyl halides is 3. The Balaban J connectivity index is 2.41. The number of amides is 1. The predicted octanol–water partition coefficient (Wildman–Crippen LogP) is 5.26. The maximum atomic E-state index is 13.9. The topological polar surface area (TPSA) is 46.6 Å². The summed E-state index contributed by atoms with van der Waals surface area (Å²) >= 11 is 5.34. The highest BCUT2D eigenvalue weighted by Crippen LogP contribution is 2.44. The normalized spacial score (nSPS) is 18.8. The van der Waals surface area contributed by atoms with E-state index in [1.165, 1.54) is 11.8 Å². The summed E-state index contributed by atoms with van der Waals surface area (Å²) in [6.45, 7) is 8.68. The molecule has 30 heavy (non-hydrogen) atoms. The van der Waals surface area contributed by atoms with Crippen molar-refractivity contribution in [3.63, 3.8) is 0 Å². The number of rotatable bonds is 6. The van der Waals surface area contributed by atoms with Crippen molar-refractivity contribution < 1.29 is 31.9 Å². The number of esters is 1. The smallest absolute Gasteiger partial charge is 0.416 e. The molecule has 1 fully saturated rings. The molecule has 0 bridgehead atoms. The molecule has 0 radical (unpaired) electrons. The van der Waals surface area contributed by atoms with Crippen LogP contribution in [0, 0.1) is 5.82 Å². The first-order chi connectivity index (χ1) is 13.8. The quantitative estimate of drug-likeness (QED) is 0.271. The summed E-state index contributed by atoms with van der Waals surface area (Å²) in [6.07, 6.45) is -5.10. The Hall–Kier alpha value is -1.94. The average Bonchev–Trinajstić information content (AvgIpc) is 2.85. The molecule has 0 saturated carbocycles. The Morgan fingerprint density at radius 2 is 1.97 bits per heavy atom. The number of hydrogen-bond donors (Lipinski definition) is 1. The monoisotopic (exact) mass is 463 g/mol. The molecule has 1 atom stereocenters. The molecule has 1 saturated heterocycles. The SMILES string of the molecule is C=C(C)/C(=C1/SC(S)N(CCC(=O)OC(C)C)C1=O)c1cc(F)cc(C(F)(F)F)c1. The molecular weight excluding hydrogens is 442 g/mol. The number of benzene rings is 1. The summed E-state index contributed by atoms with van der Waals surface area (Å²) in [7, 11) is 0. The molecule has 2 rings (SSSR count). The minimum absolute atomic E-state index is 0.0233. The summed E-state index contributed by atoms with van der Waals surface area (Å²) in [5, 5.41) is 0. The fourth-order valence-corrected chi connectivity index (χ4v) is 4.53. The minimum Gasteiger partial charge on any atom is -0.463 e. The number of nitrogens with zero attached hydrogens (tertiary/aromatic N) is 1. The van der Waals surface area contributed by atoms with Gasteiger partial charge in [-0.1, -0.05) is 18.3 Å². The molecule has 0 aromatic heterocycles. The largest absolute Gasteiger partial charge is 0.463 e. The van der Waals surface area contributed by atoms with Gasteiger partial charge in [-0.3, -0.25) is 9.59 Å². The van der Waals surface area contributed by atoms with Crippen LogP contribution in [0.4, 0.5) is 17.6 Å². The third-order valence-electron chi connectivity index (χ3n) is 4.04. The van der Waals surface area contributed by atoms with Crippen molar-refractivity contribution in [2.75, 3.05) is 6.54 Å². The Labute approximate surface area is 181 Å². The number of carbonyl (C=O) groups excluding carboxylic acids is 2. The van der Waals surface area contributed by atoms with Gasteiger partial charge in [0.2, 0.25) is 0 Å². The van der Waals surface area contributed by atoms with E-state index in [0.29, 0.717) is 11.6 Å². The molecule has 0 N–H and O–H groups in total. The number of thioether (sulfide) groups is 1. The second-order valence-electron chi connectivity index (χ2n) is 6.94. The van der Waals surface area contributed by atoms with Crippen LogP contribution in [-0.4, -0.2) is 34.1 Å². The van der Waals surface area contributed by atoms with E-state index in [0.717, 1.165) is 23.9 Å². The lowest BCUT2D eigenvalue weighted by atomic mass is 9.97. The first kappa shape index (κ1) is 24.3. The molecule has 10 heteroatoms. The lowest BCUT2D eigenvalue weighted by Crippen LogP contribution is -2.32. The molecule has 4 nitrogen and oxygen atoms in total. The third kappa shape index (κ3) is 5.81. The molecule has 1 aliphatic heterocycles. The van der Waals surface area contributed by atoms with Crippen LogP contribution >= 0.6 is 24.4 Å². The Morgan fingerprint density at radius 3 is 2.50 bits per heavy atom. The van der Waals surface area contributed by atoms with Gasteiger partial charge in [-0.2, -0.15) is 13.2 Å². The van der Waals surface area contributed by atoms with E-state index in [-0.39, 0.29) is 35.1 Å². The molecule has 1 heterocycles. The van der Waals surface area contributed by atoms with E-state index in [2.05, 4.69) is 19.2 Å². The Bertz CT molecular complexity index is 897. The van der Waals surface area contributed by atoms with Crippen molar-refractivity contribution >= 4 is 41.8 Å². The number of ether oxygens (including phenoxy) is 1. The zero-order valence-electron chi connectivity index (χ0n) is 16.5. The maximum Gasteiger partial charge on any atom is 0.416 e. The van der Waals surface area contributed by atoms with Crippen molar-refractivity contribution in [3.05, 3.63) is 52.2 Å². The number of thiol groups is 1. The van der Waals surface area contributed by atoms with Gasteiger partial charge in [-0.25, -0.2) is 4.39 Å². The van der Waals surface area contributed by atoms with E-state index in [9.17, 15) is 27.2 Å². The predicted molar refractivity (Wildman–Crippen MR) is 111 cm³/mol. The number of halogens is 4.